The fraction of sp³-hybridized carbons (Fsp3) is 0.125. The molecule has 2 aromatic rings. The van der Waals surface area contributed by atoms with Crippen molar-refractivity contribution in [3.8, 4) is 0 Å². The molecule has 2 aromatic carbocycles. The molecule has 18 heavy (non-hydrogen) atoms. The van der Waals surface area contributed by atoms with Gasteiger partial charge in [-0.15, -0.1) is 0 Å². The summed E-state index contributed by atoms with van der Waals surface area (Å²) in [7, 11) is 0. The first kappa shape index (κ1) is 11.1. The molecular formula is C16H16N2. The van der Waals surface area contributed by atoms with Gasteiger partial charge in [-0.2, -0.15) is 0 Å². The van der Waals surface area contributed by atoms with E-state index in [2.05, 4.69) is 59.9 Å². The monoisotopic (exact) mass is 236 g/mol. The summed E-state index contributed by atoms with van der Waals surface area (Å²) in [6.07, 6.45) is 4.31. The number of benzene rings is 2. The first-order valence-electron chi connectivity index (χ1n) is 6.21. The van der Waals surface area contributed by atoms with Crippen molar-refractivity contribution in [2.75, 3.05) is 11.9 Å². The van der Waals surface area contributed by atoms with Crippen molar-refractivity contribution in [3.63, 3.8) is 0 Å². The van der Waals surface area contributed by atoms with Crippen LogP contribution in [0.1, 0.15) is 22.7 Å². The molecule has 0 radical (unpaired) electrons. The van der Waals surface area contributed by atoms with Crippen molar-refractivity contribution in [1.29, 1.82) is 0 Å². The zero-order valence-corrected chi connectivity index (χ0v) is 10.1. The van der Waals surface area contributed by atoms with Crippen LogP contribution >= 0.6 is 0 Å². The normalized spacial score (nSPS) is 18.8. The van der Waals surface area contributed by atoms with E-state index in [0.717, 1.165) is 5.69 Å². The van der Waals surface area contributed by atoms with E-state index in [0.29, 0.717) is 6.54 Å². The minimum absolute atomic E-state index is 0.160. The zero-order valence-electron chi connectivity index (χ0n) is 10.1. The van der Waals surface area contributed by atoms with Crippen molar-refractivity contribution >= 4 is 17.8 Å². The smallest absolute Gasteiger partial charge is 0.0642 e. The molecule has 2 heteroatoms. The third kappa shape index (κ3) is 1.91. The molecule has 0 spiro atoms. The van der Waals surface area contributed by atoms with E-state index < -0.39 is 0 Å². The molecule has 1 heterocycles. The van der Waals surface area contributed by atoms with Crippen LogP contribution in [0.3, 0.4) is 0 Å². The van der Waals surface area contributed by atoms with E-state index in [4.69, 9.17) is 5.73 Å². The second-order valence-corrected chi connectivity index (χ2v) is 4.48. The third-order valence-corrected chi connectivity index (χ3v) is 3.34. The van der Waals surface area contributed by atoms with Crippen LogP contribution in [0.4, 0.5) is 5.69 Å². The number of anilines is 1. The lowest BCUT2D eigenvalue weighted by molar-refractivity contribution is 0.787. The number of nitrogens with two attached hydrogens (primary N) is 1. The summed E-state index contributed by atoms with van der Waals surface area (Å²) >= 11 is 0. The molecule has 2 nitrogen and oxygen atoms in total. The summed E-state index contributed by atoms with van der Waals surface area (Å²) in [5.74, 6) is 0. The second kappa shape index (κ2) is 4.67. The molecule has 0 saturated carbocycles. The summed E-state index contributed by atoms with van der Waals surface area (Å²) in [6.45, 7) is 0.583. The Bertz CT molecular complexity index is 587. The van der Waals surface area contributed by atoms with E-state index >= 15 is 0 Å². The maximum absolute atomic E-state index is 5.91. The zero-order chi connectivity index (χ0) is 12.4. The molecule has 3 N–H and O–H groups in total. The molecule has 1 aliphatic rings. The van der Waals surface area contributed by atoms with Crippen molar-refractivity contribution in [2.24, 2.45) is 5.73 Å². The molecule has 1 atom stereocenters. The standard InChI is InChI=1S/C16H16N2/c17-11-16-14-7-3-1-5-12(14)9-10-13-6-2-4-8-15(13)18-16/h1-10,16,18H,11,17H2/b10-9-. The molecular weight excluding hydrogens is 220 g/mol. The highest BCUT2D eigenvalue weighted by atomic mass is 14.9. The number of fused-ring (bicyclic) bond motifs is 2. The lowest BCUT2D eigenvalue weighted by Gasteiger charge is -2.23. The van der Waals surface area contributed by atoms with Gasteiger partial charge >= 0.3 is 0 Å². The molecule has 0 aliphatic carbocycles. The lowest BCUT2D eigenvalue weighted by atomic mass is 9.96. The van der Waals surface area contributed by atoms with Crippen LogP contribution < -0.4 is 11.1 Å². The highest BCUT2D eigenvalue weighted by Gasteiger charge is 2.15. The minimum atomic E-state index is 0.160. The highest BCUT2D eigenvalue weighted by Crippen LogP contribution is 2.29. The van der Waals surface area contributed by atoms with Crippen LogP contribution in [0.25, 0.3) is 12.2 Å². The molecule has 3 rings (SSSR count). The van der Waals surface area contributed by atoms with Gasteiger partial charge in [-0.05, 0) is 22.8 Å². The largest absolute Gasteiger partial charge is 0.376 e. The Morgan fingerprint density at radius 1 is 0.889 bits per heavy atom. The summed E-state index contributed by atoms with van der Waals surface area (Å²) in [5.41, 5.74) is 10.7. The van der Waals surface area contributed by atoms with Crippen LogP contribution in [0.5, 0.6) is 0 Å². The average molecular weight is 236 g/mol. The van der Waals surface area contributed by atoms with Crippen LogP contribution in [0.2, 0.25) is 0 Å². The van der Waals surface area contributed by atoms with E-state index in [-0.39, 0.29) is 6.04 Å². The van der Waals surface area contributed by atoms with Crippen LogP contribution in [0.15, 0.2) is 48.5 Å². The summed E-state index contributed by atoms with van der Waals surface area (Å²) in [4.78, 5) is 0. The van der Waals surface area contributed by atoms with Gasteiger partial charge in [0, 0.05) is 12.2 Å². The van der Waals surface area contributed by atoms with E-state index in [1.54, 1.807) is 0 Å². The van der Waals surface area contributed by atoms with Gasteiger partial charge in [0.1, 0.15) is 0 Å². The predicted molar refractivity (Wildman–Crippen MR) is 77.2 cm³/mol. The third-order valence-electron chi connectivity index (χ3n) is 3.34. The molecule has 0 aromatic heterocycles. The minimum Gasteiger partial charge on any atom is -0.376 e. The van der Waals surface area contributed by atoms with Crippen LogP contribution in [-0.4, -0.2) is 6.54 Å². The Kier molecular flexibility index (Phi) is 2.87. The van der Waals surface area contributed by atoms with E-state index in [9.17, 15) is 0 Å². The fourth-order valence-electron chi connectivity index (χ4n) is 2.38. The summed E-state index contributed by atoms with van der Waals surface area (Å²) in [5, 5.41) is 3.53. The van der Waals surface area contributed by atoms with Crippen molar-refractivity contribution in [3.05, 3.63) is 65.2 Å². The van der Waals surface area contributed by atoms with Gasteiger partial charge in [0.05, 0.1) is 6.04 Å². The first-order chi connectivity index (χ1) is 8.88. The summed E-state index contributed by atoms with van der Waals surface area (Å²) < 4.78 is 0. The maximum atomic E-state index is 5.91. The van der Waals surface area contributed by atoms with Crippen molar-refractivity contribution in [2.45, 2.75) is 6.04 Å². The Hall–Kier alpha value is -2.06. The second-order valence-electron chi connectivity index (χ2n) is 4.48. The topological polar surface area (TPSA) is 38.0 Å². The summed E-state index contributed by atoms with van der Waals surface area (Å²) in [6, 6.07) is 16.8. The maximum Gasteiger partial charge on any atom is 0.0642 e. The predicted octanol–water partition coefficient (Wildman–Crippen LogP) is 3.28. The average Bonchev–Trinajstić information content (AvgIpc) is 2.41. The molecule has 1 unspecified atom stereocenters. The van der Waals surface area contributed by atoms with Gasteiger partial charge in [-0.25, -0.2) is 0 Å². The first-order valence-corrected chi connectivity index (χ1v) is 6.21. The Labute approximate surface area is 107 Å². The number of rotatable bonds is 1. The highest BCUT2D eigenvalue weighted by molar-refractivity contribution is 5.79. The quantitative estimate of drug-likeness (QED) is 0.797. The number of para-hydroxylation sites is 1. The van der Waals surface area contributed by atoms with Gasteiger partial charge in [0.25, 0.3) is 0 Å². The van der Waals surface area contributed by atoms with Gasteiger partial charge in [-0.3, -0.25) is 0 Å². The molecule has 0 amide bonds. The molecule has 90 valence electrons. The van der Waals surface area contributed by atoms with Gasteiger partial charge < -0.3 is 11.1 Å². The van der Waals surface area contributed by atoms with Crippen LogP contribution in [-0.2, 0) is 0 Å². The van der Waals surface area contributed by atoms with E-state index in [1.807, 2.05) is 6.07 Å². The van der Waals surface area contributed by atoms with Crippen LogP contribution in [0, 0.1) is 0 Å². The van der Waals surface area contributed by atoms with Gasteiger partial charge in [0.2, 0.25) is 0 Å². The van der Waals surface area contributed by atoms with Crippen molar-refractivity contribution < 1.29 is 0 Å². The number of hydrogen-bond acceptors (Lipinski definition) is 2. The Morgan fingerprint density at radius 3 is 2.39 bits per heavy atom. The Morgan fingerprint density at radius 2 is 1.56 bits per heavy atom. The Balaban J connectivity index is 2.15. The SMILES string of the molecule is NCC1Nc2ccccc2/C=C\c2ccccc21. The number of nitrogens with one attached hydrogen (secondary N) is 1. The molecule has 0 saturated heterocycles. The molecule has 0 bridgehead atoms. The lowest BCUT2D eigenvalue weighted by Crippen LogP contribution is -2.22. The van der Waals surface area contributed by atoms with Gasteiger partial charge in [0.15, 0.2) is 0 Å². The molecule has 0 fully saturated rings. The van der Waals surface area contributed by atoms with Crippen molar-refractivity contribution in [1.82, 2.24) is 0 Å². The van der Waals surface area contributed by atoms with Gasteiger partial charge in [-0.1, -0.05) is 54.6 Å². The molecule has 1 aliphatic heterocycles. The number of hydrogen-bond donors (Lipinski definition) is 2. The van der Waals surface area contributed by atoms with E-state index in [1.165, 1.54) is 16.7 Å². The fourth-order valence-corrected chi connectivity index (χ4v) is 2.38.